The van der Waals surface area contributed by atoms with Crippen molar-refractivity contribution in [2.24, 2.45) is 5.92 Å². The van der Waals surface area contributed by atoms with Crippen LogP contribution in [0.15, 0.2) is 27.6 Å². The van der Waals surface area contributed by atoms with Gasteiger partial charge in [-0.3, -0.25) is 0 Å². The third kappa shape index (κ3) is 3.58. The fraction of sp³-hybridized carbons (Fsp3) is 0.538. The first kappa shape index (κ1) is 16.7. The molecular formula is C13H16Br2ClNO2S. The Morgan fingerprint density at radius 1 is 1.35 bits per heavy atom. The van der Waals surface area contributed by atoms with Crippen molar-refractivity contribution in [3.8, 4) is 0 Å². The first-order chi connectivity index (χ1) is 9.32. The van der Waals surface area contributed by atoms with Gasteiger partial charge < -0.3 is 0 Å². The van der Waals surface area contributed by atoms with Crippen molar-refractivity contribution in [3.05, 3.63) is 27.7 Å². The number of benzene rings is 1. The van der Waals surface area contributed by atoms with Crippen molar-refractivity contribution in [1.82, 2.24) is 4.31 Å². The molecule has 2 rings (SSSR count). The Labute approximate surface area is 142 Å². The molecule has 1 aromatic carbocycles. The van der Waals surface area contributed by atoms with Gasteiger partial charge in [0.15, 0.2) is 0 Å². The monoisotopic (exact) mass is 443 g/mol. The molecule has 20 heavy (non-hydrogen) atoms. The Morgan fingerprint density at radius 2 is 1.95 bits per heavy atom. The molecule has 1 aliphatic heterocycles. The van der Waals surface area contributed by atoms with E-state index in [1.54, 1.807) is 22.5 Å². The van der Waals surface area contributed by atoms with Crippen LogP contribution in [0.5, 0.6) is 0 Å². The van der Waals surface area contributed by atoms with Crippen molar-refractivity contribution >= 4 is 53.5 Å². The van der Waals surface area contributed by atoms with Crippen LogP contribution in [0, 0.1) is 5.92 Å². The van der Waals surface area contributed by atoms with Crippen LogP contribution in [0.3, 0.4) is 0 Å². The predicted molar refractivity (Wildman–Crippen MR) is 89.0 cm³/mol. The number of hydrogen-bond acceptors (Lipinski definition) is 2. The zero-order valence-electron chi connectivity index (χ0n) is 11.0. The molecule has 112 valence electrons. The average Bonchev–Trinajstić information content (AvgIpc) is 2.41. The third-order valence-electron chi connectivity index (χ3n) is 3.68. The Kier molecular flexibility index (Phi) is 5.57. The van der Waals surface area contributed by atoms with Gasteiger partial charge >= 0.3 is 0 Å². The van der Waals surface area contributed by atoms with Crippen LogP contribution in [-0.4, -0.2) is 30.6 Å². The van der Waals surface area contributed by atoms with Crippen LogP contribution in [0.25, 0.3) is 0 Å². The van der Waals surface area contributed by atoms with E-state index in [0.29, 0.717) is 38.2 Å². The zero-order valence-corrected chi connectivity index (χ0v) is 15.8. The second kappa shape index (κ2) is 6.65. The van der Waals surface area contributed by atoms with Gasteiger partial charge in [-0.1, -0.05) is 34.5 Å². The van der Waals surface area contributed by atoms with Crippen molar-refractivity contribution in [3.63, 3.8) is 0 Å². The van der Waals surface area contributed by atoms with E-state index >= 15 is 0 Å². The fourth-order valence-electron chi connectivity index (χ4n) is 2.36. The summed E-state index contributed by atoms with van der Waals surface area (Å²) in [5, 5.41) is 0.510. The number of nitrogens with zero attached hydrogens (tertiary/aromatic N) is 1. The lowest BCUT2D eigenvalue weighted by Crippen LogP contribution is -2.39. The predicted octanol–water partition coefficient (Wildman–Crippen LogP) is 4.29. The van der Waals surface area contributed by atoms with E-state index < -0.39 is 10.0 Å². The maximum atomic E-state index is 12.6. The number of halogens is 3. The molecule has 0 bridgehead atoms. The Morgan fingerprint density at radius 3 is 2.45 bits per heavy atom. The van der Waals surface area contributed by atoms with E-state index in [1.807, 2.05) is 0 Å². The molecule has 1 saturated heterocycles. The van der Waals surface area contributed by atoms with E-state index in [2.05, 4.69) is 38.8 Å². The highest BCUT2D eigenvalue weighted by Gasteiger charge is 2.30. The van der Waals surface area contributed by atoms with E-state index in [1.165, 1.54) is 0 Å². The Bertz CT molecular complexity index is 584. The number of rotatable bonds is 3. The molecule has 3 nitrogen and oxygen atoms in total. The average molecular weight is 446 g/mol. The van der Waals surface area contributed by atoms with Gasteiger partial charge in [0.1, 0.15) is 0 Å². The minimum absolute atomic E-state index is 0.291. The molecule has 0 N–H and O–H groups in total. The molecule has 7 heteroatoms. The van der Waals surface area contributed by atoms with Crippen LogP contribution in [0.1, 0.15) is 19.8 Å². The van der Waals surface area contributed by atoms with Crippen LogP contribution >= 0.6 is 43.5 Å². The van der Waals surface area contributed by atoms with E-state index in [9.17, 15) is 8.42 Å². The lowest BCUT2D eigenvalue weighted by atomic mass is 9.96. The summed E-state index contributed by atoms with van der Waals surface area (Å²) in [4.78, 5) is 0.719. The number of piperidine rings is 1. The highest BCUT2D eigenvalue weighted by Crippen LogP contribution is 2.30. The molecule has 0 spiro atoms. The van der Waals surface area contributed by atoms with Gasteiger partial charge in [0.05, 0.1) is 9.92 Å². The minimum atomic E-state index is -3.42. The minimum Gasteiger partial charge on any atom is -0.207 e. The van der Waals surface area contributed by atoms with Crippen LogP contribution in [-0.2, 0) is 10.0 Å². The van der Waals surface area contributed by atoms with Gasteiger partial charge in [0.25, 0.3) is 0 Å². The maximum absolute atomic E-state index is 12.6. The standard InChI is InChI=1S/C13H16Br2ClNO2S/c1-9(14)10-4-6-17(7-5-10)20(18,19)11-2-3-13(16)12(15)8-11/h2-3,8-10H,4-7H2,1H3. The summed E-state index contributed by atoms with van der Waals surface area (Å²) < 4.78 is 27.3. The summed E-state index contributed by atoms with van der Waals surface area (Å²) in [6.07, 6.45) is 1.78. The van der Waals surface area contributed by atoms with Crippen LogP contribution in [0.2, 0.25) is 5.02 Å². The molecule has 1 aromatic rings. The van der Waals surface area contributed by atoms with Gasteiger partial charge in [-0.15, -0.1) is 0 Å². The highest BCUT2D eigenvalue weighted by atomic mass is 79.9. The summed E-state index contributed by atoms with van der Waals surface area (Å²) in [6, 6.07) is 4.73. The van der Waals surface area contributed by atoms with Crippen molar-refractivity contribution in [2.45, 2.75) is 29.5 Å². The van der Waals surface area contributed by atoms with Crippen molar-refractivity contribution in [2.75, 3.05) is 13.1 Å². The summed E-state index contributed by atoms with van der Waals surface area (Å²) in [6.45, 7) is 3.26. The first-order valence-corrected chi connectivity index (χ1v) is 9.94. The van der Waals surface area contributed by atoms with E-state index in [4.69, 9.17) is 11.6 Å². The van der Waals surface area contributed by atoms with Gasteiger partial charge in [-0.25, -0.2) is 8.42 Å². The maximum Gasteiger partial charge on any atom is 0.243 e. The van der Waals surface area contributed by atoms with Gasteiger partial charge in [-0.2, -0.15) is 4.31 Å². The summed E-state index contributed by atoms with van der Waals surface area (Å²) in [5.41, 5.74) is 0. The molecule has 1 unspecified atom stereocenters. The molecule has 1 atom stereocenters. The summed E-state index contributed by atoms with van der Waals surface area (Å²) >= 11 is 12.8. The van der Waals surface area contributed by atoms with Crippen molar-refractivity contribution in [1.29, 1.82) is 0 Å². The number of hydrogen-bond donors (Lipinski definition) is 0. The van der Waals surface area contributed by atoms with Gasteiger partial charge in [0.2, 0.25) is 10.0 Å². The van der Waals surface area contributed by atoms with E-state index in [-0.39, 0.29) is 0 Å². The van der Waals surface area contributed by atoms with Crippen molar-refractivity contribution < 1.29 is 8.42 Å². The summed E-state index contributed by atoms with van der Waals surface area (Å²) in [7, 11) is -3.42. The zero-order chi connectivity index (χ0) is 14.9. The van der Waals surface area contributed by atoms with Crippen LogP contribution < -0.4 is 0 Å². The third-order valence-corrected chi connectivity index (χ3v) is 7.53. The SMILES string of the molecule is CC(Br)C1CCN(S(=O)(=O)c2ccc(Cl)c(Br)c2)CC1. The largest absolute Gasteiger partial charge is 0.243 e. The lowest BCUT2D eigenvalue weighted by molar-refractivity contribution is 0.275. The second-order valence-corrected chi connectivity index (χ2v) is 9.64. The fourth-order valence-corrected chi connectivity index (χ4v) is 5.03. The normalized spacial score (nSPS) is 20.0. The highest BCUT2D eigenvalue weighted by molar-refractivity contribution is 9.10. The topological polar surface area (TPSA) is 37.4 Å². The molecule has 1 aliphatic rings. The number of sulfonamides is 1. The first-order valence-electron chi connectivity index (χ1n) is 6.41. The lowest BCUT2D eigenvalue weighted by Gasteiger charge is -2.32. The summed E-state index contributed by atoms with van der Waals surface area (Å²) in [5.74, 6) is 0.540. The molecule has 0 aromatic heterocycles. The molecule has 1 heterocycles. The molecule has 1 fully saturated rings. The smallest absolute Gasteiger partial charge is 0.207 e. The Balaban J connectivity index is 2.17. The van der Waals surface area contributed by atoms with Gasteiger partial charge in [-0.05, 0) is 52.9 Å². The Hall–Kier alpha value is 0.380. The molecule has 0 saturated carbocycles. The molecule has 0 amide bonds. The number of alkyl halides is 1. The van der Waals surface area contributed by atoms with Crippen LogP contribution in [0.4, 0.5) is 0 Å². The molecule has 0 aliphatic carbocycles. The molecule has 0 radical (unpaired) electrons. The second-order valence-electron chi connectivity index (χ2n) is 4.99. The van der Waals surface area contributed by atoms with Gasteiger partial charge in [0, 0.05) is 22.4 Å². The molecular weight excluding hydrogens is 429 g/mol. The quantitative estimate of drug-likeness (QED) is 0.651. The van der Waals surface area contributed by atoms with E-state index in [0.717, 1.165) is 12.8 Å².